The Kier molecular flexibility index (Phi) is 4.08. The summed E-state index contributed by atoms with van der Waals surface area (Å²) in [5.74, 6) is -0.809. The average Bonchev–Trinajstić information content (AvgIpc) is 2.69. The number of nitrogens with one attached hydrogen (secondary N) is 1. The molecule has 0 aliphatic heterocycles. The van der Waals surface area contributed by atoms with Crippen LogP contribution in [0, 0.1) is 0 Å². The molecule has 0 aromatic carbocycles. The highest BCUT2D eigenvalue weighted by Gasteiger charge is 2.20. The van der Waals surface area contributed by atoms with Crippen LogP contribution in [-0.2, 0) is 9.53 Å². The number of nitrogens with two attached hydrogens (primary N) is 1. The Morgan fingerprint density at radius 1 is 1.65 bits per heavy atom. The van der Waals surface area contributed by atoms with E-state index in [2.05, 4.69) is 10.4 Å². The summed E-state index contributed by atoms with van der Waals surface area (Å²) in [6, 6.07) is -0.537. The van der Waals surface area contributed by atoms with Gasteiger partial charge in [-0.1, -0.05) is 0 Å². The second-order valence-electron chi connectivity index (χ2n) is 3.42. The van der Waals surface area contributed by atoms with Crippen molar-refractivity contribution in [2.45, 2.75) is 19.9 Å². The number of esters is 1. The number of aromatic nitrogens is 2. The molecule has 7 heteroatoms. The van der Waals surface area contributed by atoms with Gasteiger partial charge in [-0.25, -0.2) is 4.79 Å². The van der Waals surface area contributed by atoms with E-state index in [9.17, 15) is 9.59 Å². The molecule has 0 bridgehead atoms. The van der Waals surface area contributed by atoms with E-state index in [1.54, 1.807) is 13.8 Å². The van der Waals surface area contributed by atoms with E-state index in [0.717, 1.165) is 0 Å². The predicted octanol–water partition coefficient (Wildman–Crippen LogP) is -0.0510. The number of carbonyl (C=O) groups excluding carboxylic acids is 2. The monoisotopic (exact) mass is 240 g/mol. The van der Waals surface area contributed by atoms with Crippen LogP contribution in [0.2, 0.25) is 0 Å². The van der Waals surface area contributed by atoms with Crippen LogP contribution in [0.15, 0.2) is 6.20 Å². The van der Waals surface area contributed by atoms with Gasteiger partial charge >= 0.3 is 5.97 Å². The topological polar surface area (TPSA) is 99.2 Å². The molecule has 3 N–H and O–H groups in total. The summed E-state index contributed by atoms with van der Waals surface area (Å²) in [6.45, 7) is 3.59. The average molecular weight is 240 g/mol. The first-order chi connectivity index (χ1) is 8.01. The summed E-state index contributed by atoms with van der Waals surface area (Å²) in [6.07, 6.45) is 1.44. The van der Waals surface area contributed by atoms with Gasteiger partial charge in [0, 0.05) is 13.2 Å². The van der Waals surface area contributed by atoms with Crippen LogP contribution in [0.1, 0.15) is 30.4 Å². The number of likely N-dealkylation sites (N-methyl/N-ethyl adjacent to an activating group) is 1. The fraction of sp³-hybridized carbons (Fsp3) is 0.500. The van der Waals surface area contributed by atoms with E-state index in [0.29, 0.717) is 0 Å². The number of carbonyl (C=O) groups is 2. The van der Waals surface area contributed by atoms with Gasteiger partial charge in [0.1, 0.15) is 6.04 Å². The standard InChI is InChI=1S/C10H16N4O3/c1-4-17-10(16)8-7(11)5-14(13-8)6(2)9(15)12-3/h5-6H,4,11H2,1-3H3,(H,12,15). The van der Waals surface area contributed by atoms with Crippen molar-refractivity contribution < 1.29 is 14.3 Å². The summed E-state index contributed by atoms with van der Waals surface area (Å²) in [7, 11) is 1.53. The lowest BCUT2D eigenvalue weighted by molar-refractivity contribution is -0.123. The van der Waals surface area contributed by atoms with Gasteiger partial charge in [0.25, 0.3) is 0 Å². The minimum atomic E-state index is -0.590. The largest absolute Gasteiger partial charge is 0.461 e. The lowest BCUT2D eigenvalue weighted by Crippen LogP contribution is -2.28. The first-order valence-corrected chi connectivity index (χ1v) is 5.24. The van der Waals surface area contributed by atoms with Crippen LogP contribution in [0.3, 0.4) is 0 Å². The molecule has 1 heterocycles. The van der Waals surface area contributed by atoms with E-state index < -0.39 is 12.0 Å². The van der Waals surface area contributed by atoms with E-state index >= 15 is 0 Å². The molecule has 0 radical (unpaired) electrons. The summed E-state index contributed by atoms with van der Waals surface area (Å²) in [5, 5.41) is 6.44. The van der Waals surface area contributed by atoms with Crippen LogP contribution in [-0.4, -0.2) is 35.3 Å². The number of anilines is 1. The molecular formula is C10H16N4O3. The molecule has 1 rings (SSSR count). The third kappa shape index (κ3) is 2.74. The molecule has 0 fully saturated rings. The second-order valence-corrected chi connectivity index (χ2v) is 3.42. The first-order valence-electron chi connectivity index (χ1n) is 5.24. The van der Waals surface area contributed by atoms with E-state index in [-0.39, 0.29) is 23.9 Å². The van der Waals surface area contributed by atoms with Crippen molar-refractivity contribution in [1.29, 1.82) is 0 Å². The number of rotatable bonds is 4. The smallest absolute Gasteiger partial charge is 0.361 e. The van der Waals surface area contributed by atoms with Crippen LogP contribution in [0.4, 0.5) is 5.69 Å². The van der Waals surface area contributed by atoms with Crippen molar-refractivity contribution in [1.82, 2.24) is 15.1 Å². The minimum absolute atomic E-state index is 0.0302. The van der Waals surface area contributed by atoms with Gasteiger partial charge in [-0.2, -0.15) is 5.10 Å². The van der Waals surface area contributed by atoms with Crippen molar-refractivity contribution in [3.05, 3.63) is 11.9 Å². The predicted molar refractivity (Wildman–Crippen MR) is 61.4 cm³/mol. The van der Waals surface area contributed by atoms with Gasteiger partial charge in [0.15, 0.2) is 5.69 Å². The van der Waals surface area contributed by atoms with Gasteiger partial charge in [-0.05, 0) is 13.8 Å². The van der Waals surface area contributed by atoms with Crippen LogP contribution < -0.4 is 11.1 Å². The molecule has 0 spiro atoms. The zero-order valence-electron chi connectivity index (χ0n) is 10.1. The molecule has 1 amide bonds. The van der Waals surface area contributed by atoms with Gasteiger partial charge in [-0.15, -0.1) is 0 Å². The molecule has 94 valence electrons. The first kappa shape index (κ1) is 13.0. The third-order valence-electron chi connectivity index (χ3n) is 2.25. The maximum atomic E-state index is 11.5. The zero-order valence-corrected chi connectivity index (χ0v) is 10.1. The van der Waals surface area contributed by atoms with Crippen molar-refractivity contribution in [2.75, 3.05) is 19.4 Å². The molecule has 1 aromatic rings. The number of ether oxygens (including phenoxy) is 1. The Labute approximate surface area is 98.9 Å². The van der Waals surface area contributed by atoms with E-state index in [1.807, 2.05) is 0 Å². The van der Waals surface area contributed by atoms with Crippen molar-refractivity contribution >= 4 is 17.6 Å². The maximum absolute atomic E-state index is 11.5. The second kappa shape index (κ2) is 5.33. The molecule has 0 aliphatic rings. The molecule has 0 saturated heterocycles. The minimum Gasteiger partial charge on any atom is -0.461 e. The Balaban J connectivity index is 2.95. The zero-order chi connectivity index (χ0) is 13.0. The normalized spacial score (nSPS) is 11.9. The summed E-state index contributed by atoms with van der Waals surface area (Å²) in [4.78, 5) is 22.9. The van der Waals surface area contributed by atoms with E-state index in [4.69, 9.17) is 10.5 Å². The van der Waals surface area contributed by atoms with Crippen molar-refractivity contribution in [3.63, 3.8) is 0 Å². The Hall–Kier alpha value is -2.05. The fourth-order valence-electron chi connectivity index (χ4n) is 1.29. The maximum Gasteiger partial charge on any atom is 0.361 e. The van der Waals surface area contributed by atoms with Gasteiger partial charge in [-0.3, -0.25) is 9.48 Å². The highest BCUT2D eigenvalue weighted by atomic mass is 16.5. The summed E-state index contributed by atoms with van der Waals surface area (Å²) in [5.41, 5.74) is 5.86. The van der Waals surface area contributed by atoms with Crippen LogP contribution in [0.5, 0.6) is 0 Å². The third-order valence-corrected chi connectivity index (χ3v) is 2.25. The number of hydrogen-bond acceptors (Lipinski definition) is 5. The molecule has 1 atom stereocenters. The van der Waals surface area contributed by atoms with Crippen LogP contribution in [0.25, 0.3) is 0 Å². The number of nitrogen functional groups attached to an aromatic ring is 1. The van der Waals surface area contributed by atoms with E-state index in [1.165, 1.54) is 17.9 Å². The molecular weight excluding hydrogens is 224 g/mol. The number of hydrogen-bond donors (Lipinski definition) is 2. The number of amides is 1. The highest BCUT2D eigenvalue weighted by molar-refractivity contribution is 5.92. The summed E-state index contributed by atoms with van der Waals surface area (Å²) < 4.78 is 6.13. The molecule has 1 unspecified atom stereocenters. The number of nitrogens with zero attached hydrogens (tertiary/aromatic N) is 2. The van der Waals surface area contributed by atoms with Gasteiger partial charge in [0.05, 0.1) is 12.3 Å². The van der Waals surface area contributed by atoms with Crippen molar-refractivity contribution in [3.8, 4) is 0 Å². The Bertz CT molecular complexity index is 427. The quantitative estimate of drug-likeness (QED) is 0.719. The van der Waals surface area contributed by atoms with Gasteiger partial charge < -0.3 is 15.8 Å². The lowest BCUT2D eigenvalue weighted by atomic mass is 10.3. The molecule has 1 aromatic heterocycles. The highest BCUT2D eigenvalue weighted by Crippen LogP contribution is 2.14. The summed E-state index contributed by atoms with van der Waals surface area (Å²) >= 11 is 0. The van der Waals surface area contributed by atoms with Crippen LogP contribution >= 0.6 is 0 Å². The SMILES string of the molecule is CCOC(=O)c1nn(C(C)C(=O)NC)cc1N. The fourth-order valence-corrected chi connectivity index (χ4v) is 1.29. The molecule has 0 saturated carbocycles. The molecule has 0 aliphatic carbocycles. The Morgan fingerprint density at radius 2 is 2.29 bits per heavy atom. The molecule has 7 nitrogen and oxygen atoms in total. The van der Waals surface area contributed by atoms with Gasteiger partial charge in [0.2, 0.25) is 5.91 Å². The lowest BCUT2D eigenvalue weighted by Gasteiger charge is -2.09. The molecule has 17 heavy (non-hydrogen) atoms. The Morgan fingerprint density at radius 3 is 2.82 bits per heavy atom. The van der Waals surface area contributed by atoms with Crippen molar-refractivity contribution in [2.24, 2.45) is 0 Å².